The van der Waals surface area contributed by atoms with Gasteiger partial charge in [0.25, 0.3) is 0 Å². The molecule has 2 nitrogen and oxygen atoms in total. The number of hydrogen-bond donors (Lipinski definition) is 1. The highest BCUT2D eigenvalue weighted by Gasteiger charge is 2.38. The zero-order chi connectivity index (χ0) is 18.8. The summed E-state index contributed by atoms with van der Waals surface area (Å²) in [6.07, 6.45) is -9.14. The molecule has 1 N–H and O–H groups in total. The van der Waals surface area contributed by atoms with Crippen molar-refractivity contribution in [2.45, 2.75) is 38.7 Å². The Morgan fingerprint density at radius 2 is 1.38 bits per heavy atom. The molecule has 1 aromatic rings. The van der Waals surface area contributed by atoms with E-state index in [9.17, 15) is 26.3 Å². The van der Waals surface area contributed by atoms with Gasteiger partial charge in [-0.3, -0.25) is 4.90 Å². The van der Waals surface area contributed by atoms with E-state index < -0.39 is 29.5 Å². The van der Waals surface area contributed by atoms with Crippen LogP contribution in [0.4, 0.5) is 26.3 Å². The van der Waals surface area contributed by atoms with Crippen LogP contribution in [0.5, 0.6) is 0 Å². The third kappa shape index (κ3) is 6.03. The molecular weight excluding hydrogens is 382 g/mol. The summed E-state index contributed by atoms with van der Waals surface area (Å²) in [5.41, 5.74) is -2.42. The van der Waals surface area contributed by atoms with Crippen molar-refractivity contribution >= 4 is 12.4 Å². The van der Waals surface area contributed by atoms with E-state index in [0.29, 0.717) is 32.6 Å². The Morgan fingerprint density at radius 1 is 0.923 bits per heavy atom. The summed E-state index contributed by atoms with van der Waals surface area (Å²) in [6, 6.07) is 1.45. The standard InChI is InChI=1S/C17H22F6N2.ClH/c1-11(2)7-15(25-5-3-24-4-6-25)12-8-13(16(18,19)20)10-14(9-12)17(21,22)23;/h8-11,15,24H,3-7H2,1-2H3;1H/t15-;/m0./s1. The predicted molar refractivity (Wildman–Crippen MR) is 90.3 cm³/mol. The summed E-state index contributed by atoms with van der Waals surface area (Å²) >= 11 is 0. The molecule has 150 valence electrons. The molecule has 9 heteroatoms. The first-order chi connectivity index (χ1) is 11.5. The molecule has 2 rings (SSSR count). The first kappa shape index (κ1) is 23.0. The third-order valence-electron chi connectivity index (χ3n) is 4.28. The maximum Gasteiger partial charge on any atom is 0.416 e. The lowest BCUT2D eigenvalue weighted by Gasteiger charge is -2.36. The maximum absolute atomic E-state index is 13.1. The Bertz CT molecular complexity index is 547. The zero-order valence-electron chi connectivity index (χ0n) is 14.5. The van der Waals surface area contributed by atoms with Gasteiger partial charge in [0.15, 0.2) is 0 Å². The lowest BCUT2D eigenvalue weighted by atomic mass is 9.92. The van der Waals surface area contributed by atoms with E-state index in [1.54, 1.807) is 0 Å². The molecular formula is C17H23ClF6N2. The van der Waals surface area contributed by atoms with Crippen molar-refractivity contribution in [1.29, 1.82) is 0 Å². The minimum absolute atomic E-state index is 0. The van der Waals surface area contributed by atoms with Crippen molar-refractivity contribution < 1.29 is 26.3 Å². The van der Waals surface area contributed by atoms with Crippen LogP contribution in [0, 0.1) is 5.92 Å². The number of piperazine rings is 1. The van der Waals surface area contributed by atoms with Gasteiger partial charge in [0, 0.05) is 32.2 Å². The number of halogens is 7. The zero-order valence-corrected chi connectivity index (χ0v) is 15.4. The van der Waals surface area contributed by atoms with Crippen LogP contribution in [0.15, 0.2) is 18.2 Å². The average molecular weight is 405 g/mol. The van der Waals surface area contributed by atoms with Crippen molar-refractivity contribution in [3.8, 4) is 0 Å². The second kappa shape index (κ2) is 8.80. The number of rotatable bonds is 4. The predicted octanol–water partition coefficient (Wildman–Crippen LogP) is 5.14. The maximum atomic E-state index is 13.1. The first-order valence-electron chi connectivity index (χ1n) is 8.22. The van der Waals surface area contributed by atoms with Crippen LogP contribution in [0.2, 0.25) is 0 Å². The van der Waals surface area contributed by atoms with E-state index in [1.165, 1.54) is 0 Å². The van der Waals surface area contributed by atoms with Gasteiger partial charge in [-0.15, -0.1) is 12.4 Å². The number of nitrogens with one attached hydrogen (secondary N) is 1. The van der Waals surface area contributed by atoms with Gasteiger partial charge in [-0.25, -0.2) is 0 Å². The molecule has 0 amide bonds. The lowest BCUT2D eigenvalue weighted by molar-refractivity contribution is -0.143. The lowest BCUT2D eigenvalue weighted by Crippen LogP contribution is -2.45. The molecule has 0 radical (unpaired) electrons. The molecule has 26 heavy (non-hydrogen) atoms. The van der Waals surface area contributed by atoms with Crippen LogP contribution in [-0.2, 0) is 12.4 Å². The minimum Gasteiger partial charge on any atom is -0.314 e. The number of hydrogen-bond acceptors (Lipinski definition) is 2. The molecule has 1 atom stereocenters. The summed E-state index contributed by atoms with van der Waals surface area (Å²) in [7, 11) is 0. The summed E-state index contributed by atoms with van der Waals surface area (Å²) in [4.78, 5) is 1.96. The van der Waals surface area contributed by atoms with E-state index in [-0.39, 0.29) is 30.0 Å². The normalized spacial score (nSPS) is 17.9. The van der Waals surface area contributed by atoms with E-state index in [2.05, 4.69) is 5.32 Å². The highest BCUT2D eigenvalue weighted by Crippen LogP contribution is 2.39. The summed E-state index contributed by atoms with van der Waals surface area (Å²) in [6.45, 7) is 6.34. The van der Waals surface area contributed by atoms with Gasteiger partial charge in [0.05, 0.1) is 11.1 Å². The van der Waals surface area contributed by atoms with Gasteiger partial charge in [-0.05, 0) is 36.1 Å². The van der Waals surface area contributed by atoms with Crippen molar-refractivity contribution in [1.82, 2.24) is 10.2 Å². The fourth-order valence-electron chi connectivity index (χ4n) is 3.11. The molecule has 0 unspecified atom stereocenters. The highest BCUT2D eigenvalue weighted by atomic mass is 35.5. The van der Waals surface area contributed by atoms with E-state index in [0.717, 1.165) is 12.1 Å². The molecule has 1 heterocycles. The molecule has 1 fully saturated rings. The Labute approximate surface area is 155 Å². The summed E-state index contributed by atoms with van der Waals surface area (Å²) < 4.78 is 78.7. The van der Waals surface area contributed by atoms with Crippen LogP contribution < -0.4 is 5.32 Å². The molecule has 0 aliphatic carbocycles. The number of nitrogens with zero attached hydrogens (tertiary/aromatic N) is 1. The van der Waals surface area contributed by atoms with Crippen molar-refractivity contribution in [3.05, 3.63) is 34.9 Å². The fourth-order valence-corrected chi connectivity index (χ4v) is 3.11. The molecule has 1 aromatic carbocycles. The SMILES string of the molecule is CC(C)C[C@@H](c1cc(C(F)(F)F)cc(C(F)(F)F)c1)N1CCNCC1.Cl. The molecule has 0 spiro atoms. The van der Waals surface area contributed by atoms with Gasteiger partial charge in [-0.1, -0.05) is 13.8 Å². The first-order valence-corrected chi connectivity index (χ1v) is 8.22. The molecule has 1 aliphatic rings. The molecule has 1 aliphatic heterocycles. The van der Waals surface area contributed by atoms with Gasteiger partial charge in [-0.2, -0.15) is 26.3 Å². The van der Waals surface area contributed by atoms with E-state index in [1.807, 2.05) is 18.7 Å². The average Bonchev–Trinajstić information content (AvgIpc) is 2.51. The van der Waals surface area contributed by atoms with Crippen LogP contribution in [0.3, 0.4) is 0 Å². The Kier molecular flexibility index (Phi) is 7.80. The highest BCUT2D eigenvalue weighted by molar-refractivity contribution is 5.85. The molecule has 0 bridgehead atoms. The topological polar surface area (TPSA) is 15.3 Å². The molecule has 1 saturated heterocycles. The Hall–Kier alpha value is -0.990. The van der Waals surface area contributed by atoms with Crippen LogP contribution in [0.1, 0.15) is 43.0 Å². The van der Waals surface area contributed by atoms with Crippen LogP contribution in [-0.4, -0.2) is 31.1 Å². The van der Waals surface area contributed by atoms with Crippen LogP contribution in [0.25, 0.3) is 0 Å². The van der Waals surface area contributed by atoms with Crippen molar-refractivity contribution in [2.75, 3.05) is 26.2 Å². The monoisotopic (exact) mass is 404 g/mol. The summed E-state index contributed by atoms with van der Waals surface area (Å²) in [5.74, 6) is 0.142. The fraction of sp³-hybridized carbons (Fsp3) is 0.647. The van der Waals surface area contributed by atoms with Crippen molar-refractivity contribution in [3.63, 3.8) is 0 Å². The number of benzene rings is 1. The Morgan fingerprint density at radius 3 is 1.77 bits per heavy atom. The quantitative estimate of drug-likeness (QED) is 0.699. The molecule has 0 saturated carbocycles. The van der Waals surface area contributed by atoms with Crippen LogP contribution >= 0.6 is 12.4 Å². The van der Waals surface area contributed by atoms with Gasteiger partial charge >= 0.3 is 12.4 Å². The molecule has 0 aromatic heterocycles. The largest absolute Gasteiger partial charge is 0.416 e. The second-order valence-corrected chi connectivity index (χ2v) is 6.77. The smallest absolute Gasteiger partial charge is 0.314 e. The number of alkyl halides is 6. The van der Waals surface area contributed by atoms with E-state index >= 15 is 0 Å². The van der Waals surface area contributed by atoms with Crippen molar-refractivity contribution in [2.24, 2.45) is 5.92 Å². The summed E-state index contributed by atoms with van der Waals surface area (Å²) in [5, 5.41) is 3.14. The third-order valence-corrected chi connectivity index (χ3v) is 4.28. The van der Waals surface area contributed by atoms with Gasteiger partial charge in [0.2, 0.25) is 0 Å². The second-order valence-electron chi connectivity index (χ2n) is 6.77. The van der Waals surface area contributed by atoms with E-state index in [4.69, 9.17) is 0 Å². The Balaban J connectivity index is 0.00000338. The van der Waals surface area contributed by atoms with Gasteiger partial charge in [0.1, 0.15) is 0 Å². The van der Waals surface area contributed by atoms with Gasteiger partial charge < -0.3 is 5.32 Å². The minimum atomic E-state index is -4.82.